The molecule has 0 spiro atoms. The van der Waals surface area contributed by atoms with Gasteiger partial charge in [-0.1, -0.05) is 0 Å². The molecule has 0 amide bonds. The Morgan fingerprint density at radius 1 is 1.42 bits per heavy atom. The maximum Gasteiger partial charge on any atom is 0.223 e. The van der Waals surface area contributed by atoms with Crippen molar-refractivity contribution < 1.29 is 4.74 Å². The van der Waals surface area contributed by atoms with Gasteiger partial charge in [-0.2, -0.15) is 5.10 Å². The summed E-state index contributed by atoms with van der Waals surface area (Å²) in [6.45, 7) is 5.19. The van der Waals surface area contributed by atoms with Crippen LogP contribution >= 0.6 is 0 Å². The van der Waals surface area contributed by atoms with Crippen LogP contribution in [-0.4, -0.2) is 64.5 Å². The number of aryl methyl sites for hydroxylation is 1. The van der Waals surface area contributed by atoms with E-state index in [1.165, 1.54) is 13.0 Å². The van der Waals surface area contributed by atoms with Crippen LogP contribution in [0, 0.1) is 5.92 Å². The van der Waals surface area contributed by atoms with Crippen molar-refractivity contribution in [3.05, 3.63) is 24.7 Å². The van der Waals surface area contributed by atoms with Gasteiger partial charge in [-0.15, -0.1) is 0 Å². The van der Waals surface area contributed by atoms with Crippen LogP contribution in [0.3, 0.4) is 0 Å². The van der Waals surface area contributed by atoms with Crippen LogP contribution in [0.1, 0.15) is 12.8 Å². The molecule has 1 atom stereocenters. The molecule has 0 bridgehead atoms. The Hall–Kier alpha value is -1.99. The van der Waals surface area contributed by atoms with Gasteiger partial charge in [0.2, 0.25) is 5.95 Å². The van der Waals surface area contributed by atoms with Gasteiger partial charge in [0.25, 0.3) is 0 Å². The first-order valence-electron chi connectivity index (χ1n) is 8.52. The van der Waals surface area contributed by atoms with Gasteiger partial charge in [-0.25, -0.2) is 9.97 Å². The minimum atomic E-state index is 0.651. The molecule has 2 aromatic rings. The summed E-state index contributed by atoms with van der Waals surface area (Å²) < 4.78 is 6.90. The third-order valence-electron chi connectivity index (χ3n) is 4.40. The molecule has 3 rings (SSSR count). The Morgan fingerprint density at radius 3 is 3.12 bits per heavy atom. The molecule has 2 aromatic heterocycles. The molecule has 24 heavy (non-hydrogen) atoms. The van der Waals surface area contributed by atoms with Gasteiger partial charge < -0.3 is 15.0 Å². The number of nitrogens with zero attached hydrogens (tertiary/aromatic N) is 5. The van der Waals surface area contributed by atoms with E-state index < -0.39 is 0 Å². The molecule has 7 heteroatoms. The summed E-state index contributed by atoms with van der Waals surface area (Å²) in [5.74, 6) is 1.34. The second-order valence-corrected chi connectivity index (χ2v) is 6.35. The monoisotopic (exact) mass is 330 g/mol. The summed E-state index contributed by atoms with van der Waals surface area (Å²) in [4.78, 5) is 11.4. The lowest BCUT2D eigenvalue weighted by atomic mass is 10.1. The molecule has 1 N–H and O–H groups in total. The van der Waals surface area contributed by atoms with E-state index in [9.17, 15) is 0 Å². The lowest BCUT2D eigenvalue weighted by Gasteiger charge is -2.16. The van der Waals surface area contributed by atoms with Crippen LogP contribution in [0.4, 0.5) is 5.95 Å². The van der Waals surface area contributed by atoms with Gasteiger partial charge in [0.1, 0.15) is 0 Å². The lowest BCUT2D eigenvalue weighted by Crippen LogP contribution is -2.25. The second kappa shape index (κ2) is 8.21. The Morgan fingerprint density at radius 2 is 2.33 bits per heavy atom. The van der Waals surface area contributed by atoms with Crippen molar-refractivity contribution in [3.63, 3.8) is 0 Å². The number of anilines is 1. The highest BCUT2D eigenvalue weighted by molar-refractivity contribution is 5.57. The van der Waals surface area contributed by atoms with Crippen molar-refractivity contribution in [1.29, 1.82) is 0 Å². The maximum atomic E-state index is 5.12. The van der Waals surface area contributed by atoms with E-state index in [0.29, 0.717) is 11.9 Å². The summed E-state index contributed by atoms with van der Waals surface area (Å²) in [5, 5.41) is 7.58. The summed E-state index contributed by atoms with van der Waals surface area (Å²) in [7, 11) is 3.67. The second-order valence-electron chi connectivity index (χ2n) is 6.35. The Labute approximate surface area is 143 Å². The number of likely N-dealkylation sites (tertiary alicyclic amines) is 1. The van der Waals surface area contributed by atoms with E-state index in [2.05, 4.69) is 25.3 Å². The van der Waals surface area contributed by atoms with Crippen molar-refractivity contribution in [2.75, 3.05) is 45.2 Å². The van der Waals surface area contributed by atoms with E-state index in [4.69, 9.17) is 4.74 Å². The Bertz CT molecular complexity index is 644. The van der Waals surface area contributed by atoms with Crippen LogP contribution in [0.5, 0.6) is 0 Å². The first-order valence-corrected chi connectivity index (χ1v) is 8.52. The SMILES string of the molecule is COCCCN1CC[C@@H](CNc2nccc(-c3cnn(C)c3)n2)C1. The number of hydrogen-bond donors (Lipinski definition) is 1. The van der Waals surface area contributed by atoms with Crippen LogP contribution in [0.2, 0.25) is 0 Å². The highest BCUT2D eigenvalue weighted by Gasteiger charge is 2.21. The molecule has 3 heterocycles. The quantitative estimate of drug-likeness (QED) is 0.742. The standard InChI is InChI=1S/C17H26N6O/c1-22-13-15(11-20-22)16-4-6-18-17(21-16)19-10-14-5-8-23(12-14)7-3-9-24-2/h4,6,11,13-14H,3,5,7-10,12H2,1-2H3,(H,18,19,21)/t14-/m0/s1. The van der Waals surface area contributed by atoms with Gasteiger partial charge in [-0.05, 0) is 31.4 Å². The number of nitrogens with one attached hydrogen (secondary N) is 1. The number of methoxy groups -OCH3 is 1. The van der Waals surface area contributed by atoms with Crippen LogP contribution in [-0.2, 0) is 11.8 Å². The summed E-state index contributed by atoms with van der Waals surface area (Å²) >= 11 is 0. The molecule has 1 aliphatic rings. The molecule has 7 nitrogen and oxygen atoms in total. The van der Waals surface area contributed by atoms with Gasteiger partial charge in [0.15, 0.2) is 0 Å². The molecule has 0 aliphatic carbocycles. The third kappa shape index (κ3) is 4.52. The van der Waals surface area contributed by atoms with E-state index >= 15 is 0 Å². The smallest absolute Gasteiger partial charge is 0.223 e. The topological polar surface area (TPSA) is 68.1 Å². The molecule has 0 saturated carbocycles. The first-order chi connectivity index (χ1) is 11.7. The normalized spacial score (nSPS) is 18.2. The average molecular weight is 330 g/mol. The van der Waals surface area contributed by atoms with E-state index in [1.54, 1.807) is 18.0 Å². The number of ether oxygens (including phenoxy) is 1. The van der Waals surface area contributed by atoms with Gasteiger partial charge in [-0.3, -0.25) is 4.68 Å². The Balaban J connectivity index is 1.49. The lowest BCUT2D eigenvalue weighted by molar-refractivity contribution is 0.178. The first kappa shape index (κ1) is 16.9. The molecule has 1 fully saturated rings. The zero-order valence-electron chi connectivity index (χ0n) is 14.5. The minimum absolute atomic E-state index is 0.651. The van der Waals surface area contributed by atoms with Gasteiger partial charge in [0.05, 0.1) is 11.9 Å². The highest BCUT2D eigenvalue weighted by Crippen LogP contribution is 2.19. The van der Waals surface area contributed by atoms with E-state index in [1.807, 2.05) is 25.5 Å². The number of aromatic nitrogens is 4. The maximum absolute atomic E-state index is 5.12. The molecular weight excluding hydrogens is 304 g/mol. The molecule has 0 unspecified atom stereocenters. The summed E-state index contributed by atoms with van der Waals surface area (Å²) in [6.07, 6.45) is 7.90. The Kier molecular flexibility index (Phi) is 5.77. The van der Waals surface area contributed by atoms with E-state index in [-0.39, 0.29) is 0 Å². The average Bonchev–Trinajstić information content (AvgIpc) is 3.23. The van der Waals surface area contributed by atoms with Crippen molar-refractivity contribution in [1.82, 2.24) is 24.6 Å². The largest absolute Gasteiger partial charge is 0.385 e. The number of rotatable bonds is 8. The summed E-state index contributed by atoms with van der Waals surface area (Å²) in [6, 6.07) is 1.91. The zero-order valence-corrected chi connectivity index (χ0v) is 14.5. The van der Waals surface area contributed by atoms with Crippen molar-refractivity contribution in [3.8, 4) is 11.3 Å². The predicted molar refractivity (Wildman–Crippen MR) is 93.8 cm³/mol. The van der Waals surface area contributed by atoms with Crippen molar-refractivity contribution in [2.45, 2.75) is 12.8 Å². The zero-order chi connectivity index (χ0) is 16.8. The fourth-order valence-corrected chi connectivity index (χ4v) is 3.11. The summed E-state index contributed by atoms with van der Waals surface area (Å²) in [5.41, 5.74) is 1.90. The van der Waals surface area contributed by atoms with Crippen LogP contribution < -0.4 is 5.32 Å². The molecule has 0 aromatic carbocycles. The van der Waals surface area contributed by atoms with Crippen molar-refractivity contribution >= 4 is 5.95 Å². The predicted octanol–water partition coefficient (Wildman–Crippen LogP) is 1.65. The molecule has 0 radical (unpaired) electrons. The minimum Gasteiger partial charge on any atom is -0.385 e. The third-order valence-corrected chi connectivity index (χ3v) is 4.40. The van der Waals surface area contributed by atoms with E-state index in [0.717, 1.165) is 43.9 Å². The van der Waals surface area contributed by atoms with Crippen LogP contribution in [0.15, 0.2) is 24.7 Å². The fraction of sp³-hybridized carbons (Fsp3) is 0.588. The van der Waals surface area contributed by atoms with Crippen LogP contribution in [0.25, 0.3) is 11.3 Å². The molecule has 130 valence electrons. The van der Waals surface area contributed by atoms with Crippen molar-refractivity contribution in [2.24, 2.45) is 13.0 Å². The fourth-order valence-electron chi connectivity index (χ4n) is 3.11. The molecular formula is C17H26N6O. The van der Waals surface area contributed by atoms with Gasteiger partial charge in [0, 0.05) is 58.4 Å². The van der Waals surface area contributed by atoms with Gasteiger partial charge >= 0.3 is 0 Å². The molecule has 1 saturated heterocycles. The highest BCUT2D eigenvalue weighted by atomic mass is 16.5. The number of hydrogen-bond acceptors (Lipinski definition) is 6. The molecule has 1 aliphatic heterocycles.